The van der Waals surface area contributed by atoms with Gasteiger partial charge in [-0.05, 0) is 43.2 Å². The van der Waals surface area contributed by atoms with Crippen molar-refractivity contribution in [3.8, 4) is 5.75 Å². The number of nitro groups is 1. The second kappa shape index (κ2) is 12.4. The van der Waals surface area contributed by atoms with Crippen LogP contribution in [0.4, 0.5) is 24.5 Å². The zero-order valence-corrected chi connectivity index (χ0v) is 23.5. The van der Waals surface area contributed by atoms with Crippen LogP contribution < -0.4 is 15.4 Å². The first-order valence-corrected chi connectivity index (χ1v) is 13.5. The van der Waals surface area contributed by atoms with Crippen LogP contribution in [-0.2, 0) is 16.7 Å². The number of amides is 1. The normalized spacial score (nSPS) is 15.1. The summed E-state index contributed by atoms with van der Waals surface area (Å²) in [6, 6.07) is 16.2. The number of nitrogens with zero attached hydrogens (tertiary/aromatic N) is 2. The van der Waals surface area contributed by atoms with Crippen LogP contribution in [0.2, 0.25) is 0 Å². The van der Waals surface area contributed by atoms with E-state index < -0.39 is 28.5 Å². The lowest BCUT2D eigenvalue weighted by Gasteiger charge is -2.31. The predicted molar refractivity (Wildman–Crippen MR) is 154 cm³/mol. The number of para-hydroxylation sites is 2. The number of hydrogen-bond acceptors (Lipinski definition) is 6. The number of halogens is 3. The van der Waals surface area contributed by atoms with E-state index in [9.17, 15) is 28.1 Å². The highest BCUT2D eigenvalue weighted by molar-refractivity contribution is 8.02. The summed E-state index contributed by atoms with van der Waals surface area (Å²) in [7, 11) is 1.42. The number of aryl methyl sites for hydroxylation is 1. The molecule has 0 radical (unpaired) electrons. The number of thioether (sulfide) groups is 1. The molecule has 0 aromatic heterocycles. The fourth-order valence-corrected chi connectivity index (χ4v) is 5.68. The van der Waals surface area contributed by atoms with Crippen molar-refractivity contribution in [2.24, 2.45) is 0 Å². The Balaban J connectivity index is 1.81. The van der Waals surface area contributed by atoms with E-state index in [1.807, 2.05) is 0 Å². The Kier molecular flexibility index (Phi) is 8.92. The van der Waals surface area contributed by atoms with Gasteiger partial charge in [-0.2, -0.15) is 13.2 Å². The number of hydrogen-bond donors (Lipinski definition) is 2. The largest absolute Gasteiger partial charge is 0.495 e. The minimum absolute atomic E-state index is 0.0565. The van der Waals surface area contributed by atoms with Gasteiger partial charge in [-0.1, -0.05) is 42.5 Å². The average molecular weight is 595 g/mol. The van der Waals surface area contributed by atoms with Crippen molar-refractivity contribution < 1.29 is 27.6 Å². The molecule has 4 rings (SSSR count). The van der Waals surface area contributed by atoms with Gasteiger partial charge < -0.3 is 15.4 Å². The van der Waals surface area contributed by atoms with Crippen molar-refractivity contribution in [1.82, 2.24) is 5.32 Å². The molecule has 0 bridgehead atoms. The highest BCUT2D eigenvalue weighted by atomic mass is 32.2. The van der Waals surface area contributed by atoms with Crippen LogP contribution in [0.3, 0.4) is 0 Å². The number of rotatable bonds is 8. The van der Waals surface area contributed by atoms with Crippen molar-refractivity contribution >= 4 is 29.0 Å². The van der Waals surface area contributed by atoms with Crippen LogP contribution in [0.5, 0.6) is 5.75 Å². The number of carbonyl (C=O) groups excluding carboxylic acids is 1. The maximum absolute atomic E-state index is 14.2. The van der Waals surface area contributed by atoms with Crippen molar-refractivity contribution in [1.29, 1.82) is 0 Å². The van der Waals surface area contributed by atoms with Gasteiger partial charge in [0.15, 0.2) is 0 Å². The smallest absolute Gasteiger partial charge is 0.416 e. The van der Waals surface area contributed by atoms with Gasteiger partial charge >= 0.3 is 6.18 Å². The molecule has 0 aliphatic carbocycles. The van der Waals surface area contributed by atoms with Crippen LogP contribution in [0, 0.1) is 23.6 Å². The lowest BCUT2D eigenvalue weighted by molar-refractivity contribution is -0.385. The first-order valence-electron chi connectivity index (χ1n) is 12.5. The second-order valence-corrected chi connectivity index (χ2v) is 10.3. The van der Waals surface area contributed by atoms with Crippen LogP contribution >= 0.6 is 11.8 Å². The minimum atomic E-state index is -4.75. The molecule has 0 spiro atoms. The number of nitrogens with one attached hydrogen (secondary N) is 2. The third kappa shape index (κ3) is 6.26. The van der Waals surface area contributed by atoms with E-state index in [0.29, 0.717) is 22.6 Å². The first kappa shape index (κ1) is 30.2. The van der Waals surface area contributed by atoms with Crippen LogP contribution in [0.25, 0.3) is 4.85 Å². The summed E-state index contributed by atoms with van der Waals surface area (Å²) in [6.45, 7) is 11.2. The fraction of sp³-hybridized carbons (Fsp3) is 0.200. The Morgan fingerprint density at radius 3 is 2.50 bits per heavy atom. The number of alkyl halides is 3. The van der Waals surface area contributed by atoms with Gasteiger partial charge in [0, 0.05) is 28.7 Å². The molecule has 1 aliphatic heterocycles. The molecule has 1 heterocycles. The molecule has 0 saturated carbocycles. The average Bonchev–Trinajstić information content (AvgIpc) is 2.95. The zero-order valence-electron chi connectivity index (χ0n) is 22.7. The minimum Gasteiger partial charge on any atom is -0.495 e. The van der Waals surface area contributed by atoms with E-state index >= 15 is 0 Å². The van der Waals surface area contributed by atoms with Gasteiger partial charge in [-0.15, -0.1) is 11.8 Å². The Bertz CT molecular complexity index is 1660. The summed E-state index contributed by atoms with van der Waals surface area (Å²) in [4.78, 5) is 28.3. The van der Waals surface area contributed by atoms with Crippen molar-refractivity contribution in [2.45, 2.75) is 31.7 Å². The third-order valence-electron chi connectivity index (χ3n) is 6.65. The molecule has 2 N–H and O–H groups in total. The second-order valence-electron chi connectivity index (χ2n) is 9.33. The van der Waals surface area contributed by atoms with Gasteiger partial charge in [0.25, 0.3) is 11.6 Å². The number of ether oxygens (including phenoxy) is 1. The number of dihydropyridines is 1. The molecule has 12 heteroatoms. The topological polar surface area (TPSA) is 97.9 Å². The van der Waals surface area contributed by atoms with E-state index in [1.165, 1.54) is 31.4 Å². The molecule has 1 unspecified atom stereocenters. The SMILES string of the molecule is [C-]#[N+]C1=C(SCc2ccc(C)c([N+](=O)[O-])c2)NC(C)=C(C(=O)Nc2ccccc2OC)C1c1ccccc1C(F)(F)F. The monoisotopic (exact) mass is 594 g/mol. The Hall–Kier alpha value is -4.76. The third-order valence-corrected chi connectivity index (χ3v) is 7.73. The maximum atomic E-state index is 14.2. The maximum Gasteiger partial charge on any atom is 0.416 e. The quantitative estimate of drug-likeness (QED) is 0.159. The standard InChI is InChI=1S/C30H25F3N4O4S/c1-17-13-14-19(15-23(17)37(39)40)16-42-29-27(34-3)26(20-9-5-6-10-21(20)30(31,32)33)25(18(2)35-29)28(38)36-22-11-7-8-12-24(22)41-4/h5-15,26,35H,16H2,1-2,4H3,(H,36,38). The summed E-state index contributed by atoms with van der Waals surface area (Å²) < 4.78 is 47.9. The van der Waals surface area contributed by atoms with E-state index in [-0.39, 0.29) is 39.0 Å². The van der Waals surface area contributed by atoms with Crippen molar-refractivity contribution in [3.63, 3.8) is 0 Å². The van der Waals surface area contributed by atoms with Crippen LogP contribution in [0.15, 0.2) is 88.7 Å². The number of carbonyl (C=O) groups is 1. The summed E-state index contributed by atoms with van der Waals surface area (Å²) in [5.41, 5.74) is 0.207. The van der Waals surface area contributed by atoms with Gasteiger partial charge in [-0.25, -0.2) is 4.85 Å². The van der Waals surface area contributed by atoms with Gasteiger partial charge in [0.05, 0.1) is 40.8 Å². The van der Waals surface area contributed by atoms with Crippen LogP contribution in [0.1, 0.15) is 35.1 Å². The van der Waals surface area contributed by atoms with Gasteiger partial charge in [-0.3, -0.25) is 14.9 Å². The van der Waals surface area contributed by atoms with Gasteiger partial charge in [0.1, 0.15) is 5.75 Å². The number of methoxy groups -OCH3 is 1. The molecule has 216 valence electrons. The molecule has 0 saturated heterocycles. The molecule has 1 amide bonds. The molecule has 1 aliphatic rings. The molecule has 1 atom stereocenters. The molecule has 0 fully saturated rings. The Morgan fingerprint density at radius 1 is 1.14 bits per heavy atom. The Morgan fingerprint density at radius 2 is 1.83 bits per heavy atom. The highest BCUT2D eigenvalue weighted by Crippen LogP contribution is 2.46. The Labute approximate surface area is 244 Å². The number of anilines is 1. The predicted octanol–water partition coefficient (Wildman–Crippen LogP) is 7.55. The fourth-order valence-electron chi connectivity index (χ4n) is 4.66. The lowest BCUT2D eigenvalue weighted by atomic mass is 9.82. The number of allylic oxidation sites excluding steroid dienone is 2. The summed E-state index contributed by atoms with van der Waals surface area (Å²) >= 11 is 1.11. The highest BCUT2D eigenvalue weighted by Gasteiger charge is 2.41. The van der Waals surface area contributed by atoms with Gasteiger partial charge in [0.2, 0.25) is 5.70 Å². The van der Waals surface area contributed by atoms with E-state index in [2.05, 4.69) is 15.5 Å². The molecule has 3 aromatic rings. The van der Waals surface area contributed by atoms with Crippen molar-refractivity contribution in [2.75, 3.05) is 12.4 Å². The summed E-state index contributed by atoms with van der Waals surface area (Å²) in [5, 5.41) is 17.4. The summed E-state index contributed by atoms with van der Waals surface area (Å²) in [5.74, 6) is -1.52. The molecular formula is C30H25F3N4O4S. The molecule has 42 heavy (non-hydrogen) atoms. The summed E-state index contributed by atoms with van der Waals surface area (Å²) in [6.07, 6.45) is -4.75. The number of benzene rings is 3. The van der Waals surface area contributed by atoms with Crippen LogP contribution in [-0.4, -0.2) is 17.9 Å². The van der Waals surface area contributed by atoms with E-state index in [0.717, 1.165) is 17.8 Å². The first-order chi connectivity index (χ1) is 20.0. The molecule has 3 aromatic carbocycles. The number of nitro benzene ring substituents is 1. The van der Waals surface area contributed by atoms with Crippen molar-refractivity contribution in [3.05, 3.63) is 133 Å². The van der Waals surface area contributed by atoms with E-state index in [1.54, 1.807) is 50.2 Å². The molecule has 8 nitrogen and oxygen atoms in total. The van der Waals surface area contributed by atoms with E-state index in [4.69, 9.17) is 11.3 Å². The lowest BCUT2D eigenvalue weighted by Crippen LogP contribution is -2.31. The molecular weight excluding hydrogens is 569 g/mol. The zero-order chi connectivity index (χ0) is 30.6.